The third-order valence-electron chi connectivity index (χ3n) is 3.14. The summed E-state index contributed by atoms with van der Waals surface area (Å²) in [6, 6.07) is 17.4. The van der Waals surface area contributed by atoms with Crippen LogP contribution in [0.4, 0.5) is 0 Å². The summed E-state index contributed by atoms with van der Waals surface area (Å²) in [6.45, 7) is 4.34. The number of rotatable bonds is 4. The van der Waals surface area contributed by atoms with Gasteiger partial charge in [-0.3, -0.25) is 0 Å². The van der Waals surface area contributed by atoms with E-state index in [1.165, 1.54) is 22.3 Å². The normalized spacial score (nSPS) is 11.0. The van der Waals surface area contributed by atoms with E-state index in [1.54, 1.807) is 0 Å². The van der Waals surface area contributed by atoms with Crippen molar-refractivity contribution in [3.05, 3.63) is 71.8 Å². The van der Waals surface area contributed by atoms with Gasteiger partial charge >= 0.3 is 0 Å². The number of hydrogen-bond acceptors (Lipinski definition) is 0. The van der Waals surface area contributed by atoms with Crippen LogP contribution in [0.25, 0.3) is 11.1 Å². The molecule has 0 aliphatic rings. The highest BCUT2D eigenvalue weighted by Crippen LogP contribution is 2.24. The Morgan fingerprint density at radius 2 is 1.72 bits per heavy atom. The smallest absolute Gasteiger partial charge is 0.00972 e. The van der Waals surface area contributed by atoms with Crippen LogP contribution in [0.2, 0.25) is 0 Å². The van der Waals surface area contributed by atoms with Gasteiger partial charge in [0.05, 0.1) is 0 Å². The predicted molar refractivity (Wildman–Crippen MR) is 79.8 cm³/mol. The molecule has 0 spiro atoms. The summed E-state index contributed by atoms with van der Waals surface area (Å²) >= 11 is 0. The number of benzene rings is 2. The maximum Gasteiger partial charge on any atom is -0.00972 e. The van der Waals surface area contributed by atoms with E-state index in [0.717, 1.165) is 12.8 Å². The van der Waals surface area contributed by atoms with E-state index in [9.17, 15) is 0 Å². The van der Waals surface area contributed by atoms with Crippen molar-refractivity contribution in [1.82, 2.24) is 0 Å². The Morgan fingerprint density at radius 3 is 2.44 bits per heavy atom. The third kappa shape index (κ3) is 3.10. The van der Waals surface area contributed by atoms with Gasteiger partial charge in [0, 0.05) is 0 Å². The van der Waals surface area contributed by atoms with E-state index in [0.29, 0.717) is 0 Å². The van der Waals surface area contributed by atoms with Crippen molar-refractivity contribution in [2.75, 3.05) is 0 Å². The first-order valence-corrected chi connectivity index (χ1v) is 6.61. The Morgan fingerprint density at radius 1 is 0.944 bits per heavy atom. The molecule has 2 aromatic rings. The Hall–Kier alpha value is -1.82. The van der Waals surface area contributed by atoms with Gasteiger partial charge in [0.2, 0.25) is 0 Å². The molecular weight excluding hydrogens is 216 g/mol. The second-order valence-corrected chi connectivity index (χ2v) is 4.60. The standard InChI is InChI=1S/C18H20/c1-3-4-6-9-16-13-12-15(2)18(14-16)17-10-7-5-8-11-17/h4-8,10-14H,3,9H2,1-2H3. The average Bonchev–Trinajstić information content (AvgIpc) is 2.42. The van der Waals surface area contributed by atoms with Gasteiger partial charge in [0.1, 0.15) is 0 Å². The fourth-order valence-corrected chi connectivity index (χ4v) is 2.11. The van der Waals surface area contributed by atoms with Crippen LogP contribution in [0.3, 0.4) is 0 Å². The Bertz CT molecular complexity index is 521. The molecule has 2 aromatic carbocycles. The quantitative estimate of drug-likeness (QED) is 0.642. The molecular formula is C18H20. The molecule has 2 rings (SSSR count). The lowest BCUT2D eigenvalue weighted by molar-refractivity contribution is 1.18. The SMILES string of the molecule is CCC=CCc1ccc(C)c(-c2ccccc2)c1. The molecule has 0 N–H and O–H groups in total. The lowest BCUT2D eigenvalue weighted by atomic mass is 9.97. The van der Waals surface area contributed by atoms with Crippen LogP contribution in [0.5, 0.6) is 0 Å². The summed E-state index contributed by atoms with van der Waals surface area (Å²) in [7, 11) is 0. The first-order valence-electron chi connectivity index (χ1n) is 6.61. The average molecular weight is 236 g/mol. The summed E-state index contributed by atoms with van der Waals surface area (Å²) in [6.07, 6.45) is 6.60. The van der Waals surface area contributed by atoms with Gasteiger partial charge in [-0.15, -0.1) is 0 Å². The molecule has 92 valence electrons. The third-order valence-corrected chi connectivity index (χ3v) is 3.14. The van der Waals surface area contributed by atoms with Gasteiger partial charge < -0.3 is 0 Å². The largest absolute Gasteiger partial charge is 0.0885 e. The van der Waals surface area contributed by atoms with Crippen LogP contribution in [0.15, 0.2) is 60.7 Å². The first-order chi connectivity index (χ1) is 8.81. The Labute approximate surface area is 110 Å². The van der Waals surface area contributed by atoms with E-state index < -0.39 is 0 Å². The van der Waals surface area contributed by atoms with Crippen LogP contribution in [-0.4, -0.2) is 0 Å². The molecule has 0 aliphatic carbocycles. The Kier molecular flexibility index (Phi) is 4.35. The fraction of sp³-hybridized carbons (Fsp3) is 0.222. The maximum absolute atomic E-state index is 2.31. The van der Waals surface area contributed by atoms with Crippen molar-refractivity contribution >= 4 is 0 Å². The van der Waals surface area contributed by atoms with Crippen molar-refractivity contribution in [3.63, 3.8) is 0 Å². The lowest BCUT2D eigenvalue weighted by Crippen LogP contribution is -1.87. The molecule has 0 saturated heterocycles. The number of allylic oxidation sites excluding steroid dienone is 2. The van der Waals surface area contributed by atoms with Crippen LogP contribution in [0, 0.1) is 6.92 Å². The topological polar surface area (TPSA) is 0 Å². The number of hydrogen-bond donors (Lipinski definition) is 0. The molecule has 0 saturated carbocycles. The van der Waals surface area contributed by atoms with Crippen LogP contribution in [0.1, 0.15) is 24.5 Å². The summed E-state index contributed by atoms with van der Waals surface area (Å²) < 4.78 is 0. The number of aryl methyl sites for hydroxylation is 1. The minimum atomic E-state index is 1.02. The van der Waals surface area contributed by atoms with Gasteiger partial charge in [0.25, 0.3) is 0 Å². The van der Waals surface area contributed by atoms with Gasteiger partial charge in [-0.05, 0) is 42.0 Å². The zero-order valence-corrected chi connectivity index (χ0v) is 11.2. The highest BCUT2D eigenvalue weighted by Gasteiger charge is 2.02. The van der Waals surface area contributed by atoms with E-state index in [1.807, 2.05) is 0 Å². The van der Waals surface area contributed by atoms with Crippen molar-refractivity contribution < 1.29 is 0 Å². The highest BCUT2D eigenvalue weighted by molar-refractivity contribution is 5.67. The maximum atomic E-state index is 2.31. The zero-order chi connectivity index (χ0) is 12.8. The van der Waals surface area contributed by atoms with Gasteiger partial charge in [0.15, 0.2) is 0 Å². The monoisotopic (exact) mass is 236 g/mol. The van der Waals surface area contributed by atoms with Crippen molar-refractivity contribution in [2.24, 2.45) is 0 Å². The van der Waals surface area contributed by atoms with Gasteiger partial charge in [-0.2, -0.15) is 0 Å². The Balaban J connectivity index is 2.30. The van der Waals surface area contributed by atoms with E-state index in [-0.39, 0.29) is 0 Å². The zero-order valence-electron chi connectivity index (χ0n) is 11.2. The molecule has 18 heavy (non-hydrogen) atoms. The molecule has 0 radical (unpaired) electrons. The second-order valence-electron chi connectivity index (χ2n) is 4.60. The minimum Gasteiger partial charge on any atom is -0.0885 e. The summed E-state index contributed by atoms with van der Waals surface area (Å²) in [5.41, 5.74) is 5.36. The highest BCUT2D eigenvalue weighted by atomic mass is 14.1. The van der Waals surface area contributed by atoms with Crippen LogP contribution in [-0.2, 0) is 6.42 Å². The molecule has 0 nitrogen and oxygen atoms in total. The van der Waals surface area contributed by atoms with E-state index >= 15 is 0 Å². The predicted octanol–water partition coefficient (Wildman–Crippen LogP) is 5.17. The molecule has 0 fully saturated rings. The van der Waals surface area contributed by atoms with Crippen molar-refractivity contribution in [2.45, 2.75) is 26.7 Å². The molecule has 0 aromatic heterocycles. The van der Waals surface area contributed by atoms with Crippen molar-refractivity contribution in [3.8, 4) is 11.1 Å². The molecule has 0 amide bonds. The van der Waals surface area contributed by atoms with Crippen LogP contribution < -0.4 is 0 Å². The van der Waals surface area contributed by atoms with Crippen LogP contribution >= 0.6 is 0 Å². The molecule has 0 heteroatoms. The van der Waals surface area contributed by atoms with E-state index in [2.05, 4.69) is 74.5 Å². The van der Waals surface area contributed by atoms with Gasteiger partial charge in [-0.1, -0.05) is 67.6 Å². The lowest BCUT2D eigenvalue weighted by Gasteiger charge is -2.08. The molecule has 0 bridgehead atoms. The summed E-state index contributed by atoms with van der Waals surface area (Å²) in [4.78, 5) is 0. The first kappa shape index (κ1) is 12.6. The molecule has 0 unspecified atom stereocenters. The van der Waals surface area contributed by atoms with Crippen molar-refractivity contribution in [1.29, 1.82) is 0 Å². The molecule has 0 atom stereocenters. The second kappa shape index (κ2) is 6.20. The summed E-state index contributed by atoms with van der Waals surface area (Å²) in [5.74, 6) is 0. The molecule has 0 heterocycles. The fourth-order valence-electron chi connectivity index (χ4n) is 2.11. The van der Waals surface area contributed by atoms with Gasteiger partial charge in [-0.25, -0.2) is 0 Å². The summed E-state index contributed by atoms with van der Waals surface area (Å²) in [5, 5.41) is 0. The minimum absolute atomic E-state index is 1.02. The molecule has 0 aliphatic heterocycles. The van der Waals surface area contributed by atoms with E-state index in [4.69, 9.17) is 0 Å².